The highest BCUT2D eigenvalue weighted by atomic mass is 32.2. The Morgan fingerprint density at radius 1 is 1.40 bits per heavy atom. The molecule has 1 heterocycles. The van der Waals surface area contributed by atoms with Gasteiger partial charge >= 0.3 is 0 Å². The van der Waals surface area contributed by atoms with Gasteiger partial charge in [-0.1, -0.05) is 12.1 Å². The van der Waals surface area contributed by atoms with Crippen molar-refractivity contribution in [1.82, 2.24) is 0 Å². The van der Waals surface area contributed by atoms with Gasteiger partial charge in [0, 0.05) is 6.42 Å². The van der Waals surface area contributed by atoms with E-state index in [4.69, 9.17) is 9.88 Å². The summed E-state index contributed by atoms with van der Waals surface area (Å²) in [7, 11) is -3.70. The molecule has 0 fully saturated rings. The first kappa shape index (κ1) is 10.4. The maximum absolute atomic E-state index is 11.3. The summed E-state index contributed by atoms with van der Waals surface area (Å²) >= 11 is 0. The summed E-state index contributed by atoms with van der Waals surface area (Å²) in [6.07, 6.45) is 0.700. The average Bonchev–Trinajstić information content (AvgIpc) is 2.35. The third kappa shape index (κ3) is 1.85. The highest BCUT2D eigenvalue weighted by Gasteiger charge is 2.33. The van der Waals surface area contributed by atoms with Gasteiger partial charge in [0.25, 0.3) is 0 Å². The van der Waals surface area contributed by atoms with E-state index in [1.165, 1.54) is 6.07 Å². The second-order valence-electron chi connectivity index (χ2n) is 4.33. The Labute approximate surface area is 89.1 Å². The van der Waals surface area contributed by atoms with Crippen LogP contribution in [0.4, 0.5) is 0 Å². The van der Waals surface area contributed by atoms with Crippen molar-refractivity contribution in [3.05, 3.63) is 23.8 Å². The third-order valence-corrected chi connectivity index (χ3v) is 3.30. The third-order valence-electron chi connectivity index (χ3n) is 2.36. The van der Waals surface area contributed by atoms with Gasteiger partial charge in [-0.15, -0.1) is 0 Å². The highest BCUT2D eigenvalue weighted by molar-refractivity contribution is 7.89. The molecule has 5 heteroatoms. The number of hydrogen-bond donors (Lipinski definition) is 1. The number of ether oxygens (including phenoxy) is 1. The molecule has 15 heavy (non-hydrogen) atoms. The molecule has 0 saturated carbocycles. The minimum absolute atomic E-state index is 0.0746. The van der Waals surface area contributed by atoms with Crippen LogP contribution in [0.3, 0.4) is 0 Å². The lowest BCUT2D eigenvalue weighted by Gasteiger charge is -2.17. The average molecular weight is 227 g/mol. The summed E-state index contributed by atoms with van der Waals surface area (Å²) in [6.45, 7) is 3.83. The zero-order chi connectivity index (χ0) is 11.3. The van der Waals surface area contributed by atoms with E-state index in [-0.39, 0.29) is 10.5 Å². The molecule has 0 atom stereocenters. The SMILES string of the molecule is CC1(C)Cc2cccc(S(N)(=O)=O)c2O1. The van der Waals surface area contributed by atoms with Gasteiger partial charge in [0.15, 0.2) is 0 Å². The zero-order valence-electron chi connectivity index (χ0n) is 8.65. The van der Waals surface area contributed by atoms with Gasteiger partial charge in [0.05, 0.1) is 0 Å². The van der Waals surface area contributed by atoms with E-state index in [9.17, 15) is 8.42 Å². The number of sulfonamides is 1. The van der Waals surface area contributed by atoms with Crippen molar-refractivity contribution in [3.8, 4) is 5.75 Å². The van der Waals surface area contributed by atoms with E-state index >= 15 is 0 Å². The summed E-state index contributed by atoms with van der Waals surface area (Å²) in [5, 5.41) is 5.11. The molecule has 1 aromatic carbocycles. The summed E-state index contributed by atoms with van der Waals surface area (Å²) in [5.41, 5.74) is 0.537. The fourth-order valence-electron chi connectivity index (χ4n) is 1.81. The summed E-state index contributed by atoms with van der Waals surface area (Å²) in [5.74, 6) is 0.407. The molecule has 0 spiro atoms. The topological polar surface area (TPSA) is 69.4 Å². The van der Waals surface area contributed by atoms with Gasteiger partial charge in [0.1, 0.15) is 16.2 Å². The van der Waals surface area contributed by atoms with E-state index in [1.54, 1.807) is 6.07 Å². The minimum atomic E-state index is -3.70. The molecular weight excluding hydrogens is 214 g/mol. The molecule has 0 radical (unpaired) electrons. The van der Waals surface area contributed by atoms with Gasteiger partial charge in [0.2, 0.25) is 10.0 Å². The van der Waals surface area contributed by atoms with Crippen molar-refractivity contribution >= 4 is 10.0 Å². The summed E-state index contributed by atoms with van der Waals surface area (Å²) in [6, 6.07) is 5.01. The van der Waals surface area contributed by atoms with Crippen LogP contribution in [0.5, 0.6) is 5.75 Å². The van der Waals surface area contributed by atoms with Crippen molar-refractivity contribution in [2.24, 2.45) is 5.14 Å². The monoisotopic (exact) mass is 227 g/mol. The number of benzene rings is 1. The van der Waals surface area contributed by atoms with E-state index in [0.717, 1.165) is 5.56 Å². The normalized spacial score (nSPS) is 18.3. The summed E-state index contributed by atoms with van der Waals surface area (Å²) in [4.78, 5) is 0.0746. The first-order valence-corrected chi connectivity index (χ1v) is 6.18. The molecular formula is C10H13NO3S. The van der Waals surface area contributed by atoms with Gasteiger partial charge in [-0.3, -0.25) is 0 Å². The molecule has 82 valence electrons. The standard InChI is InChI=1S/C10H13NO3S/c1-10(2)6-7-4-3-5-8(9(7)14-10)15(11,12)13/h3-5H,6H2,1-2H3,(H2,11,12,13). The Kier molecular flexibility index (Phi) is 2.06. The van der Waals surface area contributed by atoms with E-state index in [1.807, 2.05) is 19.9 Å². The second-order valence-corrected chi connectivity index (χ2v) is 5.86. The Balaban J connectivity index is 2.61. The van der Waals surface area contributed by atoms with Crippen molar-refractivity contribution in [1.29, 1.82) is 0 Å². The maximum Gasteiger partial charge on any atom is 0.241 e. The number of fused-ring (bicyclic) bond motifs is 1. The van der Waals surface area contributed by atoms with Gasteiger partial charge in [-0.05, 0) is 25.5 Å². The minimum Gasteiger partial charge on any atom is -0.486 e. The Morgan fingerprint density at radius 2 is 2.07 bits per heavy atom. The van der Waals surface area contributed by atoms with Crippen LogP contribution in [0.1, 0.15) is 19.4 Å². The van der Waals surface area contributed by atoms with Gasteiger partial charge < -0.3 is 4.74 Å². The molecule has 0 aromatic heterocycles. The molecule has 0 unspecified atom stereocenters. The smallest absolute Gasteiger partial charge is 0.241 e. The first-order chi connectivity index (χ1) is 6.80. The number of para-hydroxylation sites is 1. The fourth-order valence-corrected chi connectivity index (χ4v) is 2.51. The van der Waals surface area contributed by atoms with Crippen LogP contribution in [-0.4, -0.2) is 14.0 Å². The van der Waals surface area contributed by atoms with Crippen molar-refractivity contribution in [3.63, 3.8) is 0 Å². The quantitative estimate of drug-likeness (QED) is 0.779. The molecule has 1 aromatic rings. The zero-order valence-corrected chi connectivity index (χ0v) is 9.47. The van der Waals surface area contributed by atoms with Crippen LogP contribution < -0.4 is 9.88 Å². The predicted molar refractivity (Wildman–Crippen MR) is 56.2 cm³/mol. The Hall–Kier alpha value is -1.07. The molecule has 1 aliphatic heterocycles. The van der Waals surface area contributed by atoms with E-state index in [0.29, 0.717) is 12.2 Å². The lowest BCUT2D eigenvalue weighted by molar-refractivity contribution is 0.135. The lowest BCUT2D eigenvalue weighted by Crippen LogP contribution is -2.25. The van der Waals surface area contributed by atoms with E-state index < -0.39 is 10.0 Å². The van der Waals surface area contributed by atoms with Crippen LogP contribution in [-0.2, 0) is 16.4 Å². The van der Waals surface area contributed by atoms with E-state index in [2.05, 4.69) is 0 Å². The number of rotatable bonds is 1. The van der Waals surface area contributed by atoms with Crippen LogP contribution in [0.25, 0.3) is 0 Å². The van der Waals surface area contributed by atoms with Crippen LogP contribution in [0.15, 0.2) is 23.1 Å². The molecule has 0 saturated heterocycles. The first-order valence-electron chi connectivity index (χ1n) is 4.63. The molecule has 0 aliphatic carbocycles. The Morgan fingerprint density at radius 3 is 2.67 bits per heavy atom. The van der Waals surface area contributed by atoms with Crippen LogP contribution in [0, 0.1) is 0 Å². The van der Waals surface area contributed by atoms with Crippen LogP contribution in [0.2, 0.25) is 0 Å². The fraction of sp³-hybridized carbons (Fsp3) is 0.400. The highest BCUT2D eigenvalue weighted by Crippen LogP contribution is 2.38. The largest absolute Gasteiger partial charge is 0.486 e. The molecule has 0 amide bonds. The number of nitrogens with two attached hydrogens (primary N) is 1. The van der Waals surface area contributed by atoms with Crippen molar-refractivity contribution in [2.75, 3.05) is 0 Å². The maximum atomic E-state index is 11.3. The molecule has 2 N–H and O–H groups in total. The number of primary sulfonamides is 1. The molecule has 0 bridgehead atoms. The Bertz CT molecular complexity index is 505. The predicted octanol–water partition coefficient (Wildman–Crippen LogP) is 1.05. The van der Waals surface area contributed by atoms with Crippen molar-refractivity contribution < 1.29 is 13.2 Å². The molecule has 4 nitrogen and oxygen atoms in total. The summed E-state index contributed by atoms with van der Waals surface area (Å²) < 4.78 is 28.2. The van der Waals surface area contributed by atoms with Gasteiger partial charge in [-0.25, -0.2) is 13.6 Å². The molecule has 1 aliphatic rings. The number of hydrogen-bond acceptors (Lipinski definition) is 3. The second kappa shape index (κ2) is 2.96. The van der Waals surface area contributed by atoms with Crippen LogP contribution >= 0.6 is 0 Å². The van der Waals surface area contributed by atoms with Gasteiger partial charge in [-0.2, -0.15) is 0 Å². The lowest BCUT2D eigenvalue weighted by atomic mass is 10.0. The van der Waals surface area contributed by atoms with Crippen molar-refractivity contribution in [2.45, 2.75) is 30.8 Å². The molecule has 2 rings (SSSR count).